The van der Waals surface area contributed by atoms with E-state index in [0.717, 1.165) is 5.56 Å². The summed E-state index contributed by atoms with van der Waals surface area (Å²) in [5, 5.41) is -0.683. The molecule has 0 heterocycles. The molecule has 0 amide bonds. The molecule has 1 aliphatic carbocycles. The van der Waals surface area contributed by atoms with Crippen molar-refractivity contribution in [2.24, 2.45) is 16.9 Å². The zero-order valence-corrected chi connectivity index (χ0v) is 13.3. The first-order valence-electron chi connectivity index (χ1n) is 7.42. The predicted octanol–water partition coefficient (Wildman–Crippen LogP) is 1.67. The van der Waals surface area contributed by atoms with Crippen molar-refractivity contribution in [3.8, 4) is 0 Å². The normalized spacial score (nSPS) is 22.7. The summed E-state index contributed by atoms with van der Waals surface area (Å²) in [7, 11) is -3.56. The molecule has 3 rings (SSSR count). The molecule has 0 bridgehead atoms. The Bertz CT molecular complexity index is 787. The van der Waals surface area contributed by atoms with E-state index in [1.165, 1.54) is 12.1 Å². The van der Waals surface area contributed by atoms with E-state index in [1.54, 1.807) is 42.5 Å². The minimum atomic E-state index is -3.56. The van der Waals surface area contributed by atoms with E-state index in [2.05, 4.69) is 0 Å². The van der Waals surface area contributed by atoms with Crippen LogP contribution in [0.4, 0.5) is 4.39 Å². The molecule has 1 fully saturated rings. The molecule has 2 aromatic carbocycles. The lowest BCUT2D eigenvalue weighted by molar-refractivity contribution is 0.509. The second kappa shape index (κ2) is 5.70. The minimum absolute atomic E-state index is 0.169. The van der Waals surface area contributed by atoms with Crippen LogP contribution in [0.15, 0.2) is 59.5 Å². The van der Waals surface area contributed by atoms with Crippen molar-refractivity contribution in [2.45, 2.75) is 16.1 Å². The largest absolute Gasteiger partial charge is 0.330 e. The van der Waals surface area contributed by atoms with Crippen LogP contribution < -0.4 is 11.5 Å². The molecule has 1 aliphatic rings. The summed E-state index contributed by atoms with van der Waals surface area (Å²) < 4.78 is 39.1. The molecule has 0 radical (unpaired) electrons. The van der Waals surface area contributed by atoms with Gasteiger partial charge in [-0.25, -0.2) is 12.8 Å². The van der Waals surface area contributed by atoms with Gasteiger partial charge in [0.25, 0.3) is 0 Å². The van der Waals surface area contributed by atoms with Crippen LogP contribution >= 0.6 is 0 Å². The van der Waals surface area contributed by atoms with E-state index < -0.39 is 20.5 Å². The van der Waals surface area contributed by atoms with E-state index in [-0.39, 0.29) is 29.7 Å². The maximum atomic E-state index is 13.2. The molecule has 4 N–H and O–H groups in total. The van der Waals surface area contributed by atoms with E-state index in [0.29, 0.717) is 0 Å². The predicted molar refractivity (Wildman–Crippen MR) is 87.1 cm³/mol. The number of rotatable bonds is 5. The van der Waals surface area contributed by atoms with Crippen LogP contribution in [0, 0.1) is 11.2 Å². The minimum Gasteiger partial charge on any atom is -0.330 e. The second-order valence-corrected chi connectivity index (χ2v) is 8.02. The van der Waals surface area contributed by atoms with Crippen molar-refractivity contribution >= 4 is 9.84 Å². The summed E-state index contributed by atoms with van der Waals surface area (Å²) in [6, 6.07) is 14.2. The van der Waals surface area contributed by atoms with Crippen LogP contribution in [0.1, 0.15) is 11.5 Å². The Hall–Kier alpha value is -1.76. The van der Waals surface area contributed by atoms with E-state index in [1.807, 2.05) is 0 Å². The van der Waals surface area contributed by atoms with Crippen LogP contribution in [0.5, 0.6) is 0 Å². The molecular weight excluding hydrogens is 315 g/mol. The van der Waals surface area contributed by atoms with Gasteiger partial charge < -0.3 is 11.5 Å². The van der Waals surface area contributed by atoms with Gasteiger partial charge in [0.2, 0.25) is 0 Å². The number of hydrogen-bond donors (Lipinski definition) is 2. The van der Waals surface area contributed by atoms with Gasteiger partial charge in [-0.1, -0.05) is 30.3 Å². The van der Waals surface area contributed by atoms with Crippen LogP contribution in [-0.4, -0.2) is 26.8 Å². The van der Waals surface area contributed by atoms with E-state index >= 15 is 0 Å². The fourth-order valence-electron chi connectivity index (χ4n) is 3.44. The molecule has 1 saturated carbocycles. The number of benzene rings is 2. The first-order valence-corrected chi connectivity index (χ1v) is 8.96. The highest BCUT2D eigenvalue weighted by Gasteiger charge is 2.69. The monoisotopic (exact) mass is 334 g/mol. The summed E-state index contributed by atoms with van der Waals surface area (Å²) in [5.41, 5.74) is 11.8. The summed E-state index contributed by atoms with van der Waals surface area (Å²) >= 11 is 0. The van der Waals surface area contributed by atoms with Gasteiger partial charge in [0, 0.05) is 24.4 Å². The van der Waals surface area contributed by atoms with Gasteiger partial charge in [-0.05, 0) is 29.8 Å². The molecule has 4 nitrogen and oxygen atoms in total. The molecule has 0 aliphatic heterocycles. The maximum absolute atomic E-state index is 13.2. The van der Waals surface area contributed by atoms with Gasteiger partial charge in [0.15, 0.2) is 9.84 Å². The molecular formula is C17H19FN2O2S. The quantitative estimate of drug-likeness (QED) is 0.871. The Labute approximate surface area is 135 Å². The summed E-state index contributed by atoms with van der Waals surface area (Å²) in [4.78, 5) is 0.265. The first-order chi connectivity index (χ1) is 11.0. The molecule has 6 heteroatoms. The van der Waals surface area contributed by atoms with Crippen molar-refractivity contribution in [3.63, 3.8) is 0 Å². The fourth-order valence-corrected chi connectivity index (χ4v) is 5.94. The van der Waals surface area contributed by atoms with Gasteiger partial charge in [0.1, 0.15) is 5.82 Å². The number of sulfone groups is 1. The maximum Gasteiger partial charge on any atom is 0.182 e. The third-order valence-corrected chi connectivity index (χ3v) is 7.11. The average molecular weight is 334 g/mol. The van der Waals surface area contributed by atoms with Crippen molar-refractivity contribution in [1.82, 2.24) is 0 Å². The van der Waals surface area contributed by atoms with Crippen LogP contribution in [-0.2, 0) is 9.84 Å². The standard InChI is InChI=1S/C17H19FN2O2S/c18-13-8-6-12(7-9-13)15-16(17(15,10-19)11-20)23(21,22)14-4-2-1-3-5-14/h1-9,15-16H,10-11,19-20H2/t15-,16+/m1/s1. The molecule has 2 atom stereocenters. The van der Waals surface area contributed by atoms with Gasteiger partial charge in [-0.15, -0.1) is 0 Å². The highest BCUT2D eigenvalue weighted by molar-refractivity contribution is 7.92. The van der Waals surface area contributed by atoms with Gasteiger partial charge in [-0.2, -0.15) is 0 Å². The average Bonchev–Trinajstić information content (AvgIpc) is 3.27. The zero-order valence-electron chi connectivity index (χ0n) is 12.5. The molecule has 2 aromatic rings. The Balaban J connectivity index is 2.05. The van der Waals surface area contributed by atoms with Crippen molar-refractivity contribution in [2.75, 3.05) is 13.1 Å². The van der Waals surface area contributed by atoms with Crippen molar-refractivity contribution < 1.29 is 12.8 Å². The van der Waals surface area contributed by atoms with Crippen molar-refractivity contribution in [3.05, 3.63) is 66.0 Å². The Morgan fingerprint density at radius 1 is 0.957 bits per heavy atom. The fraction of sp³-hybridized carbons (Fsp3) is 0.294. The summed E-state index contributed by atoms with van der Waals surface area (Å²) in [6.07, 6.45) is 0. The summed E-state index contributed by atoms with van der Waals surface area (Å²) in [5.74, 6) is -0.675. The third kappa shape index (κ3) is 2.47. The number of nitrogens with two attached hydrogens (primary N) is 2. The molecule has 0 aromatic heterocycles. The lowest BCUT2D eigenvalue weighted by Crippen LogP contribution is -2.31. The smallest absolute Gasteiger partial charge is 0.182 e. The molecule has 0 saturated heterocycles. The van der Waals surface area contributed by atoms with Gasteiger partial charge in [-0.3, -0.25) is 0 Å². The third-order valence-electron chi connectivity index (χ3n) is 4.77. The van der Waals surface area contributed by atoms with Crippen molar-refractivity contribution in [1.29, 1.82) is 0 Å². The Morgan fingerprint density at radius 3 is 2.04 bits per heavy atom. The molecule has 122 valence electrons. The van der Waals surface area contributed by atoms with E-state index in [9.17, 15) is 12.8 Å². The van der Waals surface area contributed by atoms with Crippen LogP contribution in [0.2, 0.25) is 0 Å². The molecule has 23 heavy (non-hydrogen) atoms. The molecule has 0 unspecified atom stereocenters. The topological polar surface area (TPSA) is 86.2 Å². The second-order valence-electron chi connectivity index (χ2n) is 5.95. The highest BCUT2D eigenvalue weighted by atomic mass is 32.2. The van der Waals surface area contributed by atoms with E-state index in [4.69, 9.17) is 11.5 Å². The summed E-state index contributed by atoms with van der Waals surface area (Å²) in [6.45, 7) is 0.338. The Kier molecular flexibility index (Phi) is 4.00. The SMILES string of the molecule is NCC1(CN)[C@H](c2ccc(F)cc2)[C@@H]1S(=O)(=O)c1ccccc1. The first kappa shape index (κ1) is 16.1. The lowest BCUT2D eigenvalue weighted by Gasteiger charge is -2.13. The van der Waals surface area contributed by atoms with Crippen LogP contribution in [0.3, 0.4) is 0 Å². The van der Waals surface area contributed by atoms with Crippen LogP contribution in [0.25, 0.3) is 0 Å². The number of hydrogen-bond acceptors (Lipinski definition) is 4. The van der Waals surface area contributed by atoms with Gasteiger partial charge in [0.05, 0.1) is 10.1 Å². The number of halogens is 1. The highest BCUT2D eigenvalue weighted by Crippen LogP contribution is 2.62. The zero-order chi connectivity index (χ0) is 16.7. The Morgan fingerprint density at radius 2 is 1.52 bits per heavy atom. The lowest BCUT2D eigenvalue weighted by atomic mass is 9.99. The molecule has 0 spiro atoms. The van der Waals surface area contributed by atoms with Gasteiger partial charge >= 0.3 is 0 Å².